The summed E-state index contributed by atoms with van der Waals surface area (Å²) in [5.74, 6) is 0.112. The largest absolute Gasteiger partial charge is 0.339 e. The summed E-state index contributed by atoms with van der Waals surface area (Å²) in [6, 6.07) is 7.55. The van der Waals surface area contributed by atoms with E-state index in [4.69, 9.17) is 11.6 Å². The van der Waals surface area contributed by atoms with Gasteiger partial charge in [-0.25, -0.2) is 4.68 Å². The summed E-state index contributed by atoms with van der Waals surface area (Å²) < 4.78 is 1.86. The SMILES string of the molecule is CCCc1c(C(=O)N2CCCC2)cnn1-c1ccc(Cl)cc1. The Kier molecular flexibility index (Phi) is 4.48. The number of nitrogens with zero attached hydrogens (tertiary/aromatic N) is 3. The highest BCUT2D eigenvalue weighted by Gasteiger charge is 2.24. The molecule has 0 bridgehead atoms. The van der Waals surface area contributed by atoms with E-state index in [1.165, 1.54) is 0 Å². The fourth-order valence-electron chi connectivity index (χ4n) is 2.93. The fraction of sp³-hybridized carbons (Fsp3) is 0.412. The maximum atomic E-state index is 12.7. The molecule has 1 aromatic heterocycles. The second kappa shape index (κ2) is 6.53. The Morgan fingerprint density at radius 2 is 1.91 bits per heavy atom. The van der Waals surface area contributed by atoms with Crippen LogP contribution < -0.4 is 0 Å². The first-order valence-corrected chi connectivity index (χ1v) is 8.20. The lowest BCUT2D eigenvalue weighted by atomic mass is 10.1. The van der Waals surface area contributed by atoms with Gasteiger partial charge in [0.25, 0.3) is 5.91 Å². The number of aromatic nitrogens is 2. The highest BCUT2D eigenvalue weighted by atomic mass is 35.5. The van der Waals surface area contributed by atoms with Gasteiger partial charge in [-0.05, 0) is 43.5 Å². The van der Waals surface area contributed by atoms with Crippen LogP contribution in [0.15, 0.2) is 30.5 Å². The quantitative estimate of drug-likeness (QED) is 0.862. The van der Waals surface area contributed by atoms with Gasteiger partial charge >= 0.3 is 0 Å². The summed E-state index contributed by atoms with van der Waals surface area (Å²) >= 11 is 5.95. The third-order valence-electron chi connectivity index (χ3n) is 4.05. The molecular weight excluding hydrogens is 298 g/mol. The Labute approximate surface area is 135 Å². The average molecular weight is 318 g/mol. The van der Waals surface area contributed by atoms with Crippen LogP contribution in [0.4, 0.5) is 0 Å². The lowest BCUT2D eigenvalue weighted by molar-refractivity contribution is 0.0791. The molecule has 0 saturated carbocycles. The summed E-state index contributed by atoms with van der Waals surface area (Å²) in [5.41, 5.74) is 2.66. The molecule has 0 spiro atoms. The van der Waals surface area contributed by atoms with Gasteiger partial charge in [0, 0.05) is 18.1 Å². The summed E-state index contributed by atoms with van der Waals surface area (Å²) in [5, 5.41) is 5.15. The number of benzene rings is 1. The summed E-state index contributed by atoms with van der Waals surface area (Å²) in [7, 11) is 0. The van der Waals surface area contributed by atoms with Crippen LogP contribution in [0.2, 0.25) is 5.02 Å². The van der Waals surface area contributed by atoms with Gasteiger partial charge < -0.3 is 4.90 Å². The summed E-state index contributed by atoms with van der Waals surface area (Å²) in [6.07, 6.45) is 5.71. The van der Waals surface area contributed by atoms with Crippen molar-refractivity contribution in [2.75, 3.05) is 13.1 Å². The Morgan fingerprint density at radius 1 is 1.23 bits per heavy atom. The van der Waals surface area contributed by atoms with E-state index in [2.05, 4.69) is 12.0 Å². The summed E-state index contributed by atoms with van der Waals surface area (Å²) in [4.78, 5) is 14.6. The van der Waals surface area contributed by atoms with Gasteiger partial charge in [0.15, 0.2) is 0 Å². The van der Waals surface area contributed by atoms with Gasteiger partial charge in [-0.3, -0.25) is 4.79 Å². The molecule has 0 radical (unpaired) electrons. The van der Waals surface area contributed by atoms with Gasteiger partial charge in [-0.2, -0.15) is 5.10 Å². The molecule has 0 N–H and O–H groups in total. The molecule has 1 aromatic carbocycles. The molecule has 116 valence electrons. The van der Waals surface area contributed by atoms with Crippen molar-refractivity contribution in [1.82, 2.24) is 14.7 Å². The predicted octanol–water partition coefficient (Wildman–Crippen LogP) is 3.71. The highest BCUT2D eigenvalue weighted by Crippen LogP contribution is 2.21. The van der Waals surface area contributed by atoms with Crippen LogP contribution in [0, 0.1) is 0 Å². The smallest absolute Gasteiger partial charge is 0.257 e. The van der Waals surface area contributed by atoms with Crippen molar-refractivity contribution in [1.29, 1.82) is 0 Å². The van der Waals surface area contributed by atoms with Crippen LogP contribution >= 0.6 is 11.6 Å². The van der Waals surface area contributed by atoms with Gasteiger partial charge in [-0.15, -0.1) is 0 Å². The van der Waals surface area contributed by atoms with Crippen LogP contribution in [0.1, 0.15) is 42.2 Å². The number of amides is 1. The van der Waals surface area contributed by atoms with E-state index in [-0.39, 0.29) is 5.91 Å². The maximum absolute atomic E-state index is 12.7. The molecular formula is C17H20ClN3O. The fourth-order valence-corrected chi connectivity index (χ4v) is 3.05. The van der Waals surface area contributed by atoms with Crippen molar-refractivity contribution in [3.8, 4) is 5.69 Å². The lowest BCUT2D eigenvalue weighted by Crippen LogP contribution is -2.28. The molecule has 5 heteroatoms. The number of halogens is 1. The summed E-state index contributed by atoms with van der Waals surface area (Å²) in [6.45, 7) is 3.83. The Hall–Kier alpha value is -1.81. The minimum absolute atomic E-state index is 0.112. The topological polar surface area (TPSA) is 38.1 Å². The van der Waals surface area contributed by atoms with E-state index in [9.17, 15) is 4.79 Å². The van der Waals surface area contributed by atoms with Crippen LogP contribution in [-0.4, -0.2) is 33.7 Å². The second-order valence-corrected chi connectivity index (χ2v) is 6.08. The molecule has 4 nitrogen and oxygen atoms in total. The minimum Gasteiger partial charge on any atom is -0.339 e. The molecule has 2 aromatic rings. The molecule has 1 fully saturated rings. The van der Waals surface area contributed by atoms with Crippen molar-refractivity contribution in [3.63, 3.8) is 0 Å². The maximum Gasteiger partial charge on any atom is 0.257 e. The van der Waals surface area contributed by atoms with E-state index >= 15 is 0 Å². The molecule has 0 atom stereocenters. The third-order valence-corrected chi connectivity index (χ3v) is 4.30. The Balaban J connectivity index is 1.97. The average Bonchev–Trinajstić information content (AvgIpc) is 3.18. The van der Waals surface area contributed by atoms with Crippen molar-refractivity contribution >= 4 is 17.5 Å². The Morgan fingerprint density at radius 3 is 2.55 bits per heavy atom. The minimum atomic E-state index is 0.112. The normalized spacial score (nSPS) is 14.5. The first-order valence-electron chi connectivity index (χ1n) is 7.83. The number of carbonyl (C=O) groups is 1. The van der Waals surface area contributed by atoms with E-state index in [1.54, 1.807) is 6.20 Å². The first kappa shape index (κ1) is 15.1. The van der Waals surface area contributed by atoms with Gasteiger partial charge in [0.05, 0.1) is 23.1 Å². The van der Waals surface area contributed by atoms with Crippen LogP contribution in [0.25, 0.3) is 5.69 Å². The predicted molar refractivity (Wildman–Crippen MR) is 87.7 cm³/mol. The molecule has 2 heterocycles. The zero-order valence-electron chi connectivity index (χ0n) is 12.8. The first-order chi connectivity index (χ1) is 10.7. The lowest BCUT2D eigenvalue weighted by Gasteiger charge is -2.16. The molecule has 22 heavy (non-hydrogen) atoms. The molecule has 0 unspecified atom stereocenters. The van der Waals surface area contributed by atoms with Crippen LogP contribution in [0.3, 0.4) is 0 Å². The zero-order valence-corrected chi connectivity index (χ0v) is 13.5. The van der Waals surface area contributed by atoms with Gasteiger partial charge in [0.1, 0.15) is 0 Å². The van der Waals surface area contributed by atoms with Crippen molar-refractivity contribution < 1.29 is 4.79 Å². The molecule has 1 aliphatic heterocycles. The van der Waals surface area contributed by atoms with Crippen molar-refractivity contribution in [2.45, 2.75) is 32.6 Å². The molecule has 3 rings (SSSR count). The van der Waals surface area contributed by atoms with Crippen molar-refractivity contribution in [2.24, 2.45) is 0 Å². The third kappa shape index (κ3) is 2.88. The van der Waals surface area contributed by atoms with E-state index in [1.807, 2.05) is 33.8 Å². The number of carbonyl (C=O) groups excluding carboxylic acids is 1. The van der Waals surface area contributed by atoms with E-state index in [0.29, 0.717) is 5.02 Å². The highest BCUT2D eigenvalue weighted by molar-refractivity contribution is 6.30. The van der Waals surface area contributed by atoms with Gasteiger partial charge in [-0.1, -0.05) is 24.9 Å². The molecule has 0 aliphatic carbocycles. The number of rotatable bonds is 4. The molecule has 1 saturated heterocycles. The molecule has 1 amide bonds. The van der Waals surface area contributed by atoms with E-state index in [0.717, 1.165) is 55.7 Å². The number of likely N-dealkylation sites (tertiary alicyclic amines) is 1. The van der Waals surface area contributed by atoms with E-state index < -0.39 is 0 Å². The number of hydrogen-bond donors (Lipinski definition) is 0. The van der Waals surface area contributed by atoms with Gasteiger partial charge in [0.2, 0.25) is 0 Å². The van der Waals surface area contributed by atoms with Crippen LogP contribution in [-0.2, 0) is 6.42 Å². The van der Waals surface area contributed by atoms with Crippen LogP contribution in [0.5, 0.6) is 0 Å². The standard InChI is InChI=1S/C17H20ClN3O/c1-2-5-16-15(17(22)20-10-3-4-11-20)12-19-21(16)14-8-6-13(18)7-9-14/h6-9,12H,2-5,10-11H2,1H3. The Bertz CT molecular complexity index is 657. The zero-order chi connectivity index (χ0) is 15.5. The number of hydrogen-bond acceptors (Lipinski definition) is 2. The molecule has 1 aliphatic rings. The second-order valence-electron chi connectivity index (χ2n) is 5.64. The monoisotopic (exact) mass is 317 g/mol. The van der Waals surface area contributed by atoms with Crippen molar-refractivity contribution in [3.05, 3.63) is 46.7 Å².